The van der Waals surface area contributed by atoms with Crippen molar-refractivity contribution in [2.45, 2.75) is 50.4 Å². The minimum Gasteiger partial charge on any atom is -0.307 e. The molecule has 18 heavy (non-hydrogen) atoms. The Bertz CT molecular complexity index is 365. The molecule has 1 aromatic carbocycles. The molecule has 0 spiro atoms. The summed E-state index contributed by atoms with van der Waals surface area (Å²) < 4.78 is 1.31. The van der Waals surface area contributed by atoms with Crippen LogP contribution in [-0.2, 0) is 0 Å². The summed E-state index contributed by atoms with van der Waals surface area (Å²) in [5, 5.41) is 4.67. The molecule has 1 saturated carbocycles. The fourth-order valence-electron chi connectivity index (χ4n) is 2.68. The summed E-state index contributed by atoms with van der Waals surface area (Å²) in [6, 6.07) is 10.1. The van der Waals surface area contributed by atoms with Crippen LogP contribution < -0.4 is 5.32 Å². The monoisotopic (exact) mass is 375 g/mol. The average molecular weight is 375 g/mol. The van der Waals surface area contributed by atoms with E-state index in [0.29, 0.717) is 12.1 Å². The SMILES string of the molecule is CCSC1CCC(NC(C)c2ccc(I)cc2)C1. The summed E-state index contributed by atoms with van der Waals surface area (Å²) in [4.78, 5) is 0. The molecule has 3 heteroatoms. The summed E-state index contributed by atoms with van der Waals surface area (Å²) in [5.41, 5.74) is 1.40. The van der Waals surface area contributed by atoms with Crippen molar-refractivity contribution in [3.63, 3.8) is 0 Å². The first-order valence-corrected chi connectivity index (χ1v) is 8.95. The Labute approximate surface area is 129 Å². The minimum absolute atomic E-state index is 0.470. The van der Waals surface area contributed by atoms with Gasteiger partial charge in [0.25, 0.3) is 0 Å². The van der Waals surface area contributed by atoms with E-state index in [1.165, 1.54) is 34.1 Å². The number of benzene rings is 1. The molecule has 3 atom stereocenters. The van der Waals surface area contributed by atoms with Crippen LogP contribution in [0.15, 0.2) is 24.3 Å². The third-order valence-corrected chi connectivity index (χ3v) is 5.59. The van der Waals surface area contributed by atoms with Gasteiger partial charge in [-0.05, 0) is 72.2 Å². The summed E-state index contributed by atoms with van der Waals surface area (Å²) in [6.45, 7) is 4.54. The highest BCUT2D eigenvalue weighted by Crippen LogP contribution is 2.31. The molecule has 0 aromatic heterocycles. The number of rotatable bonds is 5. The van der Waals surface area contributed by atoms with E-state index < -0.39 is 0 Å². The van der Waals surface area contributed by atoms with Crippen molar-refractivity contribution in [3.8, 4) is 0 Å². The van der Waals surface area contributed by atoms with Gasteiger partial charge in [0.15, 0.2) is 0 Å². The lowest BCUT2D eigenvalue weighted by atomic mass is 10.1. The van der Waals surface area contributed by atoms with Crippen LogP contribution in [-0.4, -0.2) is 17.0 Å². The fraction of sp³-hybridized carbons (Fsp3) is 0.600. The maximum atomic E-state index is 3.79. The second-order valence-electron chi connectivity index (χ2n) is 5.03. The Hall–Kier alpha value is 0.260. The maximum Gasteiger partial charge on any atom is 0.0294 e. The smallest absolute Gasteiger partial charge is 0.0294 e. The van der Waals surface area contributed by atoms with Gasteiger partial charge >= 0.3 is 0 Å². The van der Waals surface area contributed by atoms with Gasteiger partial charge in [-0.25, -0.2) is 0 Å². The van der Waals surface area contributed by atoms with Crippen molar-refractivity contribution in [1.82, 2.24) is 5.32 Å². The molecule has 0 aliphatic heterocycles. The zero-order valence-electron chi connectivity index (χ0n) is 11.2. The van der Waals surface area contributed by atoms with Crippen LogP contribution in [0.2, 0.25) is 0 Å². The van der Waals surface area contributed by atoms with Gasteiger partial charge in [-0.2, -0.15) is 11.8 Å². The Balaban J connectivity index is 1.84. The number of nitrogens with one attached hydrogen (secondary N) is 1. The van der Waals surface area contributed by atoms with E-state index >= 15 is 0 Å². The number of halogens is 1. The molecule has 0 saturated heterocycles. The normalized spacial score (nSPS) is 25.3. The molecule has 100 valence electrons. The summed E-state index contributed by atoms with van der Waals surface area (Å²) in [7, 11) is 0. The maximum absolute atomic E-state index is 3.79. The van der Waals surface area contributed by atoms with Crippen LogP contribution in [0.4, 0.5) is 0 Å². The molecule has 1 aliphatic carbocycles. The quantitative estimate of drug-likeness (QED) is 0.754. The van der Waals surface area contributed by atoms with Gasteiger partial charge in [-0.1, -0.05) is 19.1 Å². The number of hydrogen-bond donors (Lipinski definition) is 1. The number of hydrogen-bond acceptors (Lipinski definition) is 2. The Morgan fingerprint density at radius 2 is 2.06 bits per heavy atom. The van der Waals surface area contributed by atoms with Gasteiger partial charge in [-0.3, -0.25) is 0 Å². The zero-order valence-corrected chi connectivity index (χ0v) is 14.1. The van der Waals surface area contributed by atoms with E-state index in [9.17, 15) is 0 Å². The second kappa shape index (κ2) is 7.15. The average Bonchev–Trinajstić information content (AvgIpc) is 2.78. The first-order chi connectivity index (χ1) is 8.69. The largest absolute Gasteiger partial charge is 0.307 e. The van der Waals surface area contributed by atoms with Crippen molar-refractivity contribution >= 4 is 34.4 Å². The lowest BCUT2D eigenvalue weighted by molar-refractivity contribution is 0.462. The van der Waals surface area contributed by atoms with Crippen LogP contribution in [0.3, 0.4) is 0 Å². The molecule has 1 aromatic rings. The second-order valence-corrected chi connectivity index (χ2v) is 7.85. The highest BCUT2D eigenvalue weighted by molar-refractivity contribution is 14.1. The third kappa shape index (κ3) is 4.14. The van der Waals surface area contributed by atoms with E-state index in [1.54, 1.807) is 0 Å². The Kier molecular flexibility index (Phi) is 5.83. The molecule has 1 fully saturated rings. The van der Waals surface area contributed by atoms with E-state index in [4.69, 9.17) is 0 Å². The van der Waals surface area contributed by atoms with Crippen molar-refractivity contribution in [2.75, 3.05) is 5.75 Å². The lowest BCUT2D eigenvalue weighted by Crippen LogP contribution is -2.29. The molecule has 1 aliphatic rings. The van der Waals surface area contributed by atoms with E-state index in [-0.39, 0.29) is 0 Å². The minimum atomic E-state index is 0.470. The van der Waals surface area contributed by atoms with Gasteiger partial charge in [0.1, 0.15) is 0 Å². The van der Waals surface area contributed by atoms with Gasteiger partial charge in [0.05, 0.1) is 0 Å². The van der Waals surface area contributed by atoms with Crippen molar-refractivity contribution < 1.29 is 0 Å². The van der Waals surface area contributed by atoms with E-state index in [1.807, 2.05) is 0 Å². The topological polar surface area (TPSA) is 12.0 Å². The van der Waals surface area contributed by atoms with Crippen LogP contribution >= 0.6 is 34.4 Å². The zero-order chi connectivity index (χ0) is 13.0. The van der Waals surface area contributed by atoms with Gasteiger partial charge in [-0.15, -0.1) is 0 Å². The molecule has 2 rings (SSSR count). The molecule has 0 heterocycles. The predicted octanol–water partition coefficient (Wildman–Crippen LogP) is 4.62. The molecule has 0 radical (unpaired) electrons. The fourth-order valence-corrected chi connectivity index (χ4v) is 4.18. The highest BCUT2D eigenvalue weighted by atomic mass is 127. The van der Waals surface area contributed by atoms with E-state index in [2.05, 4.69) is 77.8 Å². The van der Waals surface area contributed by atoms with Crippen LogP contribution in [0, 0.1) is 3.57 Å². The molecule has 3 unspecified atom stereocenters. The Morgan fingerprint density at radius 3 is 2.72 bits per heavy atom. The van der Waals surface area contributed by atoms with Crippen molar-refractivity contribution in [1.29, 1.82) is 0 Å². The summed E-state index contributed by atoms with van der Waals surface area (Å²) in [5.74, 6) is 1.25. The number of thioether (sulfide) groups is 1. The predicted molar refractivity (Wildman–Crippen MR) is 90.3 cm³/mol. The first-order valence-electron chi connectivity index (χ1n) is 6.82. The standard InChI is InChI=1S/C15H22INS/c1-3-18-15-9-8-14(10-15)17-11(2)12-4-6-13(16)7-5-12/h4-7,11,14-15,17H,3,8-10H2,1-2H3. The molecule has 0 bridgehead atoms. The van der Waals surface area contributed by atoms with Crippen molar-refractivity contribution in [2.24, 2.45) is 0 Å². The summed E-state index contributed by atoms with van der Waals surface area (Å²) >= 11 is 4.49. The molecule has 1 nitrogen and oxygen atoms in total. The van der Waals surface area contributed by atoms with Crippen LogP contribution in [0.1, 0.15) is 44.7 Å². The van der Waals surface area contributed by atoms with E-state index in [0.717, 1.165) is 5.25 Å². The van der Waals surface area contributed by atoms with Crippen LogP contribution in [0.5, 0.6) is 0 Å². The molecular weight excluding hydrogens is 353 g/mol. The van der Waals surface area contributed by atoms with Gasteiger partial charge in [0, 0.05) is 20.9 Å². The third-order valence-electron chi connectivity index (χ3n) is 3.64. The highest BCUT2D eigenvalue weighted by Gasteiger charge is 2.25. The summed E-state index contributed by atoms with van der Waals surface area (Å²) in [6.07, 6.45) is 4.06. The van der Waals surface area contributed by atoms with Crippen LogP contribution in [0.25, 0.3) is 0 Å². The Morgan fingerprint density at radius 1 is 1.33 bits per heavy atom. The lowest BCUT2D eigenvalue weighted by Gasteiger charge is -2.20. The van der Waals surface area contributed by atoms with Crippen molar-refractivity contribution in [3.05, 3.63) is 33.4 Å². The van der Waals surface area contributed by atoms with Gasteiger partial charge < -0.3 is 5.32 Å². The molecule has 0 amide bonds. The van der Waals surface area contributed by atoms with Gasteiger partial charge in [0.2, 0.25) is 0 Å². The molecule has 1 N–H and O–H groups in total. The molecular formula is C15H22INS. The first kappa shape index (κ1) is 14.7.